The zero-order chi connectivity index (χ0) is 11.1. The van der Waals surface area contributed by atoms with Crippen LogP contribution in [0.2, 0.25) is 0 Å². The van der Waals surface area contributed by atoms with Crippen molar-refractivity contribution >= 4 is 10.9 Å². The first-order chi connectivity index (χ1) is 7.78. The molecule has 0 saturated carbocycles. The normalized spacial score (nSPS) is 19.8. The molecule has 1 aromatic heterocycles. The first kappa shape index (κ1) is 9.76. The van der Waals surface area contributed by atoms with Crippen molar-refractivity contribution in [2.45, 2.75) is 26.2 Å². The molecule has 1 unspecified atom stereocenters. The van der Waals surface area contributed by atoms with Crippen molar-refractivity contribution in [3.05, 3.63) is 29.5 Å². The number of H-pyrrole nitrogens is 1. The lowest BCUT2D eigenvalue weighted by atomic mass is 9.88. The molecule has 1 heterocycles. The van der Waals surface area contributed by atoms with Crippen LogP contribution in [0.5, 0.6) is 5.75 Å². The summed E-state index contributed by atoms with van der Waals surface area (Å²) in [7, 11) is 1.73. The summed E-state index contributed by atoms with van der Waals surface area (Å²) in [5.74, 6) is 1.75. The Hall–Kier alpha value is -1.44. The number of ether oxygens (including phenoxy) is 1. The summed E-state index contributed by atoms with van der Waals surface area (Å²) in [4.78, 5) is 3.53. The van der Waals surface area contributed by atoms with Crippen LogP contribution in [0.4, 0.5) is 0 Å². The first-order valence-corrected chi connectivity index (χ1v) is 5.95. The zero-order valence-electron chi connectivity index (χ0n) is 9.84. The molecule has 2 heteroatoms. The Morgan fingerprint density at radius 1 is 1.38 bits per heavy atom. The summed E-state index contributed by atoms with van der Waals surface area (Å²) < 4.78 is 5.30. The molecule has 2 nitrogen and oxygen atoms in total. The quantitative estimate of drug-likeness (QED) is 0.775. The van der Waals surface area contributed by atoms with Gasteiger partial charge >= 0.3 is 0 Å². The van der Waals surface area contributed by atoms with Gasteiger partial charge in [0.1, 0.15) is 5.75 Å². The number of aryl methyl sites for hydroxylation is 1. The van der Waals surface area contributed by atoms with E-state index in [1.54, 1.807) is 7.11 Å². The molecule has 1 atom stereocenters. The number of benzene rings is 1. The molecule has 2 aromatic rings. The van der Waals surface area contributed by atoms with Gasteiger partial charge in [0.25, 0.3) is 0 Å². The number of methoxy groups -OCH3 is 1. The topological polar surface area (TPSA) is 25.0 Å². The molecule has 1 aliphatic rings. The van der Waals surface area contributed by atoms with Crippen molar-refractivity contribution in [3.8, 4) is 5.75 Å². The second-order valence-electron chi connectivity index (χ2n) is 4.84. The Kier molecular flexibility index (Phi) is 2.16. The summed E-state index contributed by atoms with van der Waals surface area (Å²) in [6.45, 7) is 2.34. The lowest BCUT2D eigenvalue weighted by Crippen LogP contribution is -2.09. The van der Waals surface area contributed by atoms with Crippen LogP contribution in [-0.2, 0) is 12.8 Å². The number of fused-ring (bicyclic) bond motifs is 3. The van der Waals surface area contributed by atoms with Crippen LogP contribution >= 0.6 is 0 Å². The molecule has 0 fully saturated rings. The van der Waals surface area contributed by atoms with Crippen LogP contribution in [0, 0.1) is 5.92 Å². The van der Waals surface area contributed by atoms with Crippen LogP contribution in [0.3, 0.4) is 0 Å². The summed E-state index contributed by atoms with van der Waals surface area (Å²) >= 11 is 0. The van der Waals surface area contributed by atoms with Gasteiger partial charge in [-0.1, -0.05) is 6.92 Å². The lowest BCUT2D eigenvalue weighted by Gasteiger charge is -2.18. The molecule has 1 aromatic carbocycles. The monoisotopic (exact) mass is 215 g/mol. The molecular weight excluding hydrogens is 198 g/mol. The predicted molar refractivity (Wildman–Crippen MR) is 66.0 cm³/mol. The molecule has 84 valence electrons. The SMILES string of the molecule is COc1ccc2[nH]c3c(c2c1)CC(C)CC3. The standard InChI is InChI=1S/C14H17NO/c1-9-3-5-13-11(7-9)12-8-10(16-2)4-6-14(12)15-13/h4,6,8-9,15H,3,5,7H2,1-2H3. The molecule has 0 radical (unpaired) electrons. The Morgan fingerprint density at radius 3 is 3.06 bits per heavy atom. The highest BCUT2D eigenvalue weighted by atomic mass is 16.5. The van der Waals surface area contributed by atoms with E-state index in [1.165, 1.54) is 41.4 Å². The summed E-state index contributed by atoms with van der Waals surface area (Å²) in [5, 5.41) is 1.35. The number of rotatable bonds is 1. The summed E-state index contributed by atoms with van der Waals surface area (Å²) in [6, 6.07) is 6.30. The van der Waals surface area contributed by atoms with Gasteiger partial charge in [0, 0.05) is 16.6 Å². The van der Waals surface area contributed by atoms with Crippen molar-refractivity contribution in [1.82, 2.24) is 4.98 Å². The van der Waals surface area contributed by atoms with Crippen LogP contribution in [0.25, 0.3) is 10.9 Å². The van der Waals surface area contributed by atoms with Crippen LogP contribution in [-0.4, -0.2) is 12.1 Å². The van der Waals surface area contributed by atoms with Gasteiger partial charge in [0.2, 0.25) is 0 Å². The largest absolute Gasteiger partial charge is 0.497 e. The van der Waals surface area contributed by atoms with E-state index in [4.69, 9.17) is 4.74 Å². The first-order valence-electron chi connectivity index (χ1n) is 5.95. The van der Waals surface area contributed by atoms with Gasteiger partial charge in [0.15, 0.2) is 0 Å². The maximum Gasteiger partial charge on any atom is 0.119 e. The third-order valence-electron chi connectivity index (χ3n) is 3.64. The molecule has 0 bridgehead atoms. The Bertz CT molecular complexity index is 527. The smallest absolute Gasteiger partial charge is 0.119 e. The number of nitrogens with one attached hydrogen (secondary N) is 1. The number of hydrogen-bond donors (Lipinski definition) is 1. The van der Waals surface area contributed by atoms with Gasteiger partial charge in [-0.2, -0.15) is 0 Å². The van der Waals surface area contributed by atoms with Crippen molar-refractivity contribution in [2.24, 2.45) is 5.92 Å². The van der Waals surface area contributed by atoms with Crippen LogP contribution in [0.15, 0.2) is 18.2 Å². The molecular formula is C14H17NO. The van der Waals surface area contributed by atoms with Gasteiger partial charge in [-0.25, -0.2) is 0 Å². The van der Waals surface area contributed by atoms with Crippen molar-refractivity contribution in [1.29, 1.82) is 0 Å². The van der Waals surface area contributed by atoms with Crippen molar-refractivity contribution < 1.29 is 4.74 Å². The Morgan fingerprint density at radius 2 is 2.25 bits per heavy atom. The second kappa shape index (κ2) is 3.55. The van der Waals surface area contributed by atoms with E-state index in [0.717, 1.165) is 11.7 Å². The molecule has 1 N–H and O–H groups in total. The third kappa shape index (κ3) is 1.41. The fourth-order valence-electron chi connectivity index (χ4n) is 2.70. The van der Waals surface area contributed by atoms with E-state index in [2.05, 4.69) is 24.0 Å². The van der Waals surface area contributed by atoms with Gasteiger partial charge in [-0.3, -0.25) is 0 Å². The van der Waals surface area contributed by atoms with E-state index in [9.17, 15) is 0 Å². The van der Waals surface area contributed by atoms with Crippen molar-refractivity contribution in [3.63, 3.8) is 0 Å². The molecule has 0 spiro atoms. The molecule has 0 aliphatic heterocycles. The van der Waals surface area contributed by atoms with Crippen molar-refractivity contribution in [2.75, 3.05) is 7.11 Å². The number of hydrogen-bond acceptors (Lipinski definition) is 1. The molecule has 3 rings (SSSR count). The average molecular weight is 215 g/mol. The molecule has 0 saturated heterocycles. The third-order valence-corrected chi connectivity index (χ3v) is 3.64. The Labute approximate surface area is 95.6 Å². The van der Waals surface area contributed by atoms with Gasteiger partial charge < -0.3 is 9.72 Å². The van der Waals surface area contributed by atoms with E-state index in [0.29, 0.717) is 0 Å². The van der Waals surface area contributed by atoms with Crippen LogP contribution in [0.1, 0.15) is 24.6 Å². The Balaban J connectivity index is 2.20. The second-order valence-corrected chi connectivity index (χ2v) is 4.84. The van der Waals surface area contributed by atoms with Gasteiger partial charge in [-0.15, -0.1) is 0 Å². The van der Waals surface area contributed by atoms with E-state index < -0.39 is 0 Å². The van der Waals surface area contributed by atoms with Gasteiger partial charge in [-0.05, 0) is 48.9 Å². The minimum atomic E-state index is 0.803. The fraction of sp³-hybridized carbons (Fsp3) is 0.429. The highest BCUT2D eigenvalue weighted by Gasteiger charge is 2.19. The minimum Gasteiger partial charge on any atom is -0.497 e. The summed E-state index contributed by atoms with van der Waals surface area (Å²) in [5.41, 5.74) is 4.19. The zero-order valence-corrected chi connectivity index (χ0v) is 9.84. The summed E-state index contributed by atoms with van der Waals surface area (Å²) in [6.07, 6.45) is 3.69. The maximum atomic E-state index is 5.30. The number of aromatic amines is 1. The fourth-order valence-corrected chi connectivity index (χ4v) is 2.70. The molecule has 1 aliphatic carbocycles. The maximum absolute atomic E-state index is 5.30. The molecule has 16 heavy (non-hydrogen) atoms. The predicted octanol–water partition coefficient (Wildman–Crippen LogP) is 3.30. The average Bonchev–Trinajstić information content (AvgIpc) is 2.66. The molecule has 0 amide bonds. The number of aromatic nitrogens is 1. The highest BCUT2D eigenvalue weighted by Crippen LogP contribution is 2.33. The van der Waals surface area contributed by atoms with Gasteiger partial charge in [0.05, 0.1) is 7.11 Å². The highest BCUT2D eigenvalue weighted by molar-refractivity contribution is 5.86. The van der Waals surface area contributed by atoms with Crippen LogP contribution < -0.4 is 4.74 Å². The van der Waals surface area contributed by atoms with E-state index >= 15 is 0 Å². The van der Waals surface area contributed by atoms with E-state index in [-0.39, 0.29) is 0 Å². The minimum absolute atomic E-state index is 0.803. The lowest BCUT2D eigenvalue weighted by molar-refractivity contribution is 0.415. The van der Waals surface area contributed by atoms with E-state index in [1.807, 2.05) is 6.07 Å².